The summed E-state index contributed by atoms with van der Waals surface area (Å²) in [6, 6.07) is 3.95. The van der Waals surface area contributed by atoms with Gasteiger partial charge in [-0.05, 0) is 24.7 Å². The van der Waals surface area contributed by atoms with Crippen molar-refractivity contribution < 1.29 is 0 Å². The fraction of sp³-hybridized carbons (Fsp3) is 0.222. The average molecular weight is 148 g/mol. The Morgan fingerprint density at radius 2 is 2.55 bits per heavy atom. The molecule has 0 spiro atoms. The third kappa shape index (κ3) is 2.16. The van der Waals surface area contributed by atoms with Gasteiger partial charge < -0.3 is 5.32 Å². The van der Waals surface area contributed by atoms with Gasteiger partial charge in [0.25, 0.3) is 0 Å². The maximum Gasteiger partial charge on any atom is 0.0547 e. The van der Waals surface area contributed by atoms with E-state index in [0.29, 0.717) is 0 Å². The van der Waals surface area contributed by atoms with E-state index >= 15 is 0 Å². The van der Waals surface area contributed by atoms with E-state index in [1.54, 1.807) is 6.20 Å². The maximum absolute atomic E-state index is 4.17. The summed E-state index contributed by atoms with van der Waals surface area (Å²) < 4.78 is 0. The molecule has 0 atom stereocenters. The Balaban J connectivity index is 2.82. The maximum atomic E-state index is 4.17. The highest BCUT2D eigenvalue weighted by Gasteiger charge is 1.91. The van der Waals surface area contributed by atoms with Gasteiger partial charge >= 0.3 is 0 Å². The minimum atomic E-state index is 0.807. The van der Waals surface area contributed by atoms with Crippen molar-refractivity contribution in [2.75, 3.05) is 7.05 Å². The van der Waals surface area contributed by atoms with Crippen molar-refractivity contribution in [1.82, 2.24) is 10.3 Å². The molecule has 0 aromatic carbocycles. The normalized spacial score (nSPS) is 9.55. The first-order chi connectivity index (χ1) is 5.36. The molecule has 58 valence electrons. The Morgan fingerprint density at radius 1 is 1.73 bits per heavy atom. The van der Waals surface area contributed by atoms with Crippen molar-refractivity contribution in [1.29, 1.82) is 0 Å². The summed E-state index contributed by atoms with van der Waals surface area (Å²) >= 11 is 0. The van der Waals surface area contributed by atoms with Crippen LogP contribution in [0.3, 0.4) is 0 Å². The van der Waals surface area contributed by atoms with Gasteiger partial charge in [-0.2, -0.15) is 0 Å². The number of hydrogen-bond acceptors (Lipinski definition) is 2. The Morgan fingerprint density at radius 3 is 3.18 bits per heavy atom. The van der Waals surface area contributed by atoms with E-state index in [1.165, 1.54) is 0 Å². The molecule has 1 heterocycles. The fourth-order valence-electron chi connectivity index (χ4n) is 0.902. The monoisotopic (exact) mass is 148 g/mol. The van der Waals surface area contributed by atoms with E-state index in [2.05, 4.69) is 16.9 Å². The molecule has 2 nitrogen and oxygen atoms in total. The molecule has 0 saturated heterocycles. The zero-order valence-corrected chi connectivity index (χ0v) is 6.67. The molecule has 1 N–H and O–H groups in total. The molecule has 1 aromatic rings. The molecule has 0 aliphatic rings. The summed E-state index contributed by atoms with van der Waals surface area (Å²) in [6.07, 6.45) is 3.62. The molecular weight excluding hydrogens is 136 g/mol. The lowest BCUT2D eigenvalue weighted by molar-refractivity contribution is 0.791. The standard InChI is InChI=1S/C9H12N2/c1-3-8-4-5-11-9(6-8)7-10-2/h3-6,10H,1,7H2,2H3. The summed E-state index contributed by atoms with van der Waals surface area (Å²) in [5.74, 6) is 0. The van der Waals surface area contributed by atoms with Crippen molar-refractivity contribution in [3.05, 3.63) is 36.2 Å². The molecule has 0 saturated carbocycles. The molecule has 0 aliphatic carbocycles. The molecule has 0 radical (unpaired) electrons. The topological polar surface area (TPSA) is 24.9 Å². The Hall–Kier alpha value is -1.15. The number of pyridine rings is 1. The van der Waals surface area contributed by atoms with Crippen LogP contribution < -0.4 is 5.32 Å². The molecule has 11 heavy (non-hydrogen) atoms. The Labute approximate surface area is 67.0 Å². The SMILES string of the molecule is C=Cc1ccnc(CNC)c1. The van der Waals surface area contributed by atoms with Crippen LogP contribution in [0.1, 0.15) is 11.3 Å². The molecule has 0 fully saturated rings. The van der Waals surface area contributed by atoms with Gasteiger partial charge in [0, 0.05) is 12.7 Å². The molecule has 0 amide bonds. The summed E-state index contributed by atoms with van der Waals surface area (Å²) in [5.41, 5.74) is 2.16. The fourth-order valence-corrected chi connectivity index (χ4v) is 0.902. The van der Waals surface area contributed by atoms with Crippen LogP contribution in [-0.4, -0.2) is 12.0 Å². The van der Waals surface area contributed by atoms with Gasteiger partial charge in [-0.1, -0.05) is 12.7 Å². The lowest BCUT2D eigenvalue weighted by Crippen LogP contribution is -2.06. The van der Waals surface area contributed by atoms with Gasteiger partial charge in [-0.25, -0.2) is 0 Å². The first kappa shape index (κ1) is 7.95. The molecular formula is C9H12N2. The summed E-state index contributed by atoms with van der Waals surface area (Å²) in [6.45, 7) is 4.49. The largest absolute Gasteiger partial charge is 0.314 e. The van der Waals surface area contributed by atoms with Crippen LogP contribution in [0.4, 0.5) is 0 Å². The molecule has 2 heteroatoms. The second kappa shape index (κ2) is 3.88. The van der Waals surface area contributed by atoms with Gasteiger partial charge in [0.05, 0.1) is 5.69 Å². The first-order valence-electron chi connectivity index (χ1n) is 3.59. The highest BCUT2D eigenvalue weighted by molar-refractivity contribution is 5.46. The lowest BCUT2D eigenvalue weighted by Gasteiger charge is -1.98. The van der Waals surface area contributed by atoms with Crippen LogP contribution in [-0.2, 0) is 6.54 Å². The summed E-state index contributed by atoms with van der Waals surface area (Å²) in [7, 11) is 1.91. The van der Waals surface area contributed by atoms with Crippen LogP contribution in [0.15, 0.2) is 24.9 Å². The zero-order chi connectivity index (χ0) is 8.10. The quantitative estimate of drug-likeness (QED) is 0.701. The van der Waals surface area contributed by atoms with Gasteiger partial charge in [-0.3, -0.25) is 4.98 Å². The first-order valence-corrected chi connectivity index (χ1v) is 3.59. The van der Waals surface area contributed by atoms with Crippen LogP contribution >= 0.6 is 0 Å². The van der Waals surface area contributed by atoms with Gasteiger partial charge in [0.15, 0.2) is 0 Å². The molecule has 1 rings (SSSR count). The zero-order valence-electron chi connectivity index (χ0n) is 6.67. The highest BCUT2D eigenvalue weighted by Crippen LogP contribution is 2.01. The summed E-state index contributed by atoms with van der Waals surface area (Å²) in [5, 5.41) is 3.04. The van der Waals surface area contributed by atoms with Crippen LogP contribution in [0.25, 0.3) is 6.08 Å². The van der Waals surface area contributed by atoms with Gasteiger partial charge in [0.2, 0.25) is 0 Å². The number of rotatable bonds is 3. The van der Waals surface area contributed by atoms with Crippen molar-refractivity contribution in [2.24, 2.45) is 0 Å². The second-order valence-electron chi connectivity index (χ2n) is 2.31. The van der Waals surface area contributed by atoms with Crippen molar-refractivity contribution in [3.8, 4) is 0 Å². The lowest BCUT2D eigenvalue weighted by atomic mass is 10.2. The van der Waals surface area contributed by atoms with Crippen LogP contribution in [0.5, 0.6) is 0 Å². The predicted molar refractivity (Wildman–Crippen MR) is 47.1 cm³/mol. The van der Waals surface area contributed by atoms with Gasteiger partial charge in [-0.15, -0.1) is 0 Å². The van der Waals surface area contributed by atoms with Crippen LogP contribution in [0, 0.1) is 0 Å². The van der Waals surface area contributed by atoms with Gasteiger partial charge in [0.1, 0.15) is 0 Å². The van der Waals surface area contributed by atoms with Crippen LogP contribution in [0.2, 0.25) is 0 Å². The highest BCUT2D eigenvalue weighted by atomic mass is 14.8. The van der Waals surface area contributed by atoms with E-state index < -0.39 is 0 Å². The van der Waals surface area contributed by atoms with E-state index in [4.69, 9.17) is 0 Å². The third-order valence-electron chi connectivity index (χ3n) is 1.43. The second-order valence-corrected chi connectivity index (χ2v) is 2.31. The Bertz CT molecular complexity index is 243. The smallest absolute Gasteiger partial charge is 0.0547 e. The molecule has 0 bridgehead atoms. The molecule has 0 aliphatic heterocycles. The number of nitrogens with zero attached hydrogens (tertiary/aromatic N) is 1. The van der Waals surface area contributed by atoms with Crippen molar-refractivity contribution >= 4 is 6.08 Å². The Kier molecular flexibility index (Phi) is 2.81. The third-order valence-corrected chi connectivity index (χ3v) is 1.43. The molecule has 0 unspecified atom stereocenters. The number of nitrogens with one attached hydrogen (secondary N) is 1. The average Bonchev–Trinajstić information content (AvgIpc) is 2.06. The van der Waals surface area contributed by atoms with E-state index in [0.717, 1.165) is 17.8 Å². The van der Waals surface area contributed by atoms with E-state index in [-0.39, 0.29) is 0 Å². The number of hydrogen-bond donors (Lipinski definition) is 1. The number of aromatic nitrogens is 1. The predicted octanol–water partition coefficient (Wildman–Crippen LogP) is 1.44. The van der Waals surface area contributed by atoms with Crippen molar-refractivity contribution in [2.45, 2.75) is 6.54 Å². The van der Waals surface area contributed by atoms with E-state index in [1.807, 2.05) is 25.3 Å². The minimum absolute atomic E-state index is 0.807. The van der Waals surface area contributed by atoms with Crippen molar-refractivity contribution in [3.63, 3.8) is 0 Å². The summed E-state index contributed by atoms with van der Waals surface area (Å²) in [4.78, 5) is 4.17. The molecule has 1 aromatic heterocycles. The van der Waals surface area contributed by atoms with E-state index in [9.17, 15) is 0 Å². The minimum Gasteiger partial charge on any atom is -0.314 e.